The molecule has 1 aromatic rings. The van der Waals surface area contributed by atoms with Gasteiger partial charge in [0, 0.05) is 18.8 Å². The Bertz CT molecular complexity index is 365. The Hall–Kier alpha value is -1.09. The van der Waals surface area contributed by atoms with Crippen LogP contribution in [0.3, 0.4) is 0 Å². The van der Waals surface area contributed by atoms with Crippen LogP contribution in [-0.2, 0) is 0 Å². The average Bonchev–Trinajstić information content (AvgIpc) is 2.39. The highest BCUT2D eigenvalue weighted by molar-refractivity contribution is 5.45. The van der Waals surface area contributed by atoms with Gasteiger partial charge in [-0.1, -0.05) is 13.8 Å². The van der Waals surface area contributed by atoms with Crippen LogP contribution >= 0.6 is 0 Å². The zero-order chi connectivity index (χ0) is 13.1. The van der Waals surface area contributed by atoms with E-state index >= 15 is 0 Å². The quantitative estimate of drug-likeness (QED) is 0.893. The van der Waals surface area contributed by atoms with Gasteiger partial charge in [-0.25, -0.2) is 0 Å². The van der Waals surface area contributed by atoms with Gasteiger partial charge in [0.25, 0.3) is 0 Å². The minimum absolute atomic E-state index is 0.173. The van der Waals surface area contributed by atoms with E-state index in [1.165, 1.54) is 5.69 Å². The van der Waals surface area contributed by atoms with Gasteiger partial charge in [0.1, 0.15) is 0 Å². The van der Waals surface area contributed by atoms with Crippen molar-refractivity contribution in [2.45, 2.75) is 45.6 Å². The van der Waals surface area contributed by atoms with E-state index in [-0.39, 0.29) is 6.10 Å². The molecule has 0 aromatic carbocycles. The highest BCUT2D eigenvalue weighted by atomic mass is 16.3. The Morgan fingerprint density at radius 2 is 1.89 bits per heavy atom. The minimum atomic E-state index is -0.173. The Labute approximate surface area is 110 Å². The van der Waals surface area contributed by atoms with Gasteiger partial charge >= 0.3 is 0 Å². The lowest BCUT2D eigenvalue weighted by Gasteiger charge is -2.34. The van der Waals surface area contributed by atoms with Crippen LogP contribution in [0, 0.1) is 5.92 Å². The number of piperidine rings is 1. The van der Waals surface area contributed by atoms with Gasteiger partial charge in [0.05, 0.1) is 18.0 Å². The van der Waals surface area contributed by atoms with Gasteiger partial charge in [-0.05, 0) is 43.7 Å². The fourth-order valence-corrected chi connectivity index (χ4v) is 2.57. The topological polar surface area (TPSA) is 36.4 Å². The molecule has 0 amide bonds. The monoisotopic (exact) mass is 248 g/mol. The van der Waals surface area contributed by atoms with Crippen LogP contribution in [-0.4, -0.2) is 29.3 Å². The number of hydrogen-bond donors (Lipinski definition) is 1. The van der Waals surface area contributed by atoms with Crippen molar-refractivity contribution >= 4 is 5.69 Å². The third kappa shape index (κ3) is 3.02. The minimum Gasteiger partial charge on any atom is -0.393 e. The van der Waals surface area contributed by atoms with Gasteiger partial charge < -0.3 is 10.0 Å². The second-order valence-electron chi connectivity index (χ2n) is 5.66. The molecule has 1 saturated heterocycles. The standard InChI is InChI=1S/C15H24N2O/c1-11(2)15-5-4-14(10-16-15)17-8-6-13(7-9-17)12(3)18/h4-5,10-13,18H,6-9H2,1-3H3/t12-/m0/s1. The maximum atomic E-state index is 9.60. The highest BCUT2D eigenvalue weighted by Gasteiger charge is 2.22. The van der Waals surface area contributed by atoms with Gasteiger partial charge in [0.2, 0.25) is 0 Å². The summed E-state index contributed by atoms with van der Waals surface area (Å²) in [6.45, 7) is 8.28. The molecule has 1 atom stereocenters. The molecule has 0 aliphatic carbocycles. The van der Waals surface area contributed by atoms with Gasteiger partial charge in [-0.15, -0.1) is 0 Å². The van der Waals surface area contributed by atoms with E-state index in [4.69, 9.17) is 0 Å². The molecule has 0 bridgehead atoms. The van der Waals surface area contributed by atoms with E-state index < -0.39 is 0 Å². The molecule has 18 heavy (non-hydrogen) atoms. The first kappa shape index (κ1) is 13.3. The number of rotatable bonds is 3. The van der Waals surface area contributed by atoms with Gasteiger partial charge in [0.15, 0.2) is 0 Å². The molecule has 100 valence electrons. The summed E-state index contributed by atoms with van der Waals surface area (Å²) in [5, 5.41) is 9.60. The predicted octanol–water partition coefficient (Wildman–Crippen LogP) is 2.80. The van der Waals surface area contributed by atoms with Crippen molar-refractivity contribution in [3.8, 4) is 0 Å². The summed E-state index contributed by atoms with van der Waals surface area (Å²) >= 11 is 0. The number of aromatic nitrogens is 1. The molecule has 2 rings (SSSR count). The molecule has 3 nitrogen and oxygen atoms in total. The highest BCUT2D eigenvalue weighted by Crippen LogP contribution is 2.25. The van der Waals surface area contributed by atoms with Gasteiger partial charge in [-0.3, -0.25) is 4.98 Å². The van der Waals surface area contributed by atoms with Crippen molar-refractivity contribution in [1.82, 2.24) is 4.98 Å². The van der Waals surface area contributed by atoms with E-state index in [0.717, 1.165) is 31.6 Å². The van der Waals surface area contributed by atoms with Crippen LogP contribution in [0.25, 0.3) is 0 Å². The third-order valence-corrected chi connectivity index (χ3v) is 3.95. The lowest BCUT2D eigenvalue weighted by Crippen LogP contribution is -2.37. The number of aliphatic hydroxyl groups is 1. The van der Waals surface area contributed by atoms with Crippen molar-refractivity contribution in [3.05, 3.63) is 24.0 Å². The van der Waals surface area contributed by atoms with E-state index in [9.17, 15) is 5.11 Å². The van der Waals surface area contributed by atoms with Crippen molar-refractivity contribution in [1.29, 1.82) is 0 Å². The molecule has 1 N–H and O–H groups in total. The Kier molecular flexibility index (Phi) is 4.23. The number of nitrogens with zero attached hydrogens (tertiary/aromatic N) is 2. The zero-order valence-corrected chi connectivity index (χ0v) is 11.6. The lowest BCUT2D eigenvalue weighted by atomic mass is 9.92. The summed E-state index contributed by atoms with van der Waals surface area (Å²) < 4.78 is 0. The van der Waals surface area contributed by atoms with E-state index in [0.29, 0.717) is 11.8 Å². The average molecular weight is 248 g/mol. The number of anilines is 1. The summed E-state index contributed by atoms with van der Waals surface area (Å²) in [5.41, 5.74) is 2.36. The molecule has 1 aliphatic heterocycles. The smallest absolute Gasteiger partial charge is 0.0552 e. The fourth-order valence-electron chi connectivity index (χ4n) is 2.57. The van der Waals surface area contributed by atoms with Crippen molar-refractivity contribution in [2.24, 2.45) is 5.92 Å². The summed E-state index contributed by atoms with van der Waals surface area (Å²) in [4.78, 5) is 6.89. The van der Waals surface area contributed by atoms with Crippen LogP contribution < -0.4 is 4.90 Å². The van der Waals surface area contributed by atoms with E-state index in [1.54, 1.807) is 0 Å². The molecule has 2 heterocycles. The molecule has 0 spiro atoms. The number of hydrogen-bond acceptors (Lipinski definition) is 3. The molecule has 0 saturated carbocycles. The molecule has 0 radical (unpaired) electrons. The molecular weight excluding hydrogens is 224 g/mol. The van der Waals surface area contributed by atoms with Crippen LogP contribution in [0.1, 0.15) is 45.2 Å². The first-order valence-corrected chi connectivity index (χ1v) is 6.97. The largest absolute Gasteiger partial charge is 0.393 e. The van der Waals surface area contributed by atoms with Crippen LogP contribution in [0.4, 0.5) is 5.69 Å². The van der Waals surface area contributed by atoms with Crippen LogP contribution in [0.5, 0.6) is 0 Å². The van der Waals surface area contributed by atoms with Crippen molar-refractivity contribution in [2.75, 3.05) is 18.0 Å². The van der Waals surface area contributed by atoms with E-state index in [2.05, 4.69) is 35.9 Å². The Morgan fingerprint density at radius 1 is 1.22 bits per heavy atom. The first-order valence-electron chi connectivity index (χ1n) is 6.97. The molecule has 1 aromatic heterocycles. The Balaban J connectivity index is 1.97. The van der Waals surface area contributed by atoms with Crippen molar-refractivity contribution in [3.63, 3.8) is 0 Å². The Morgan fingerprint density at radius 3 is 2.33 bits per heavy atom. The lowest BCUT2D eigenvalue weighted by molar-refractivity contribution is 0.110. The van der Waals surface area contributed by atoms with E-state index in [1.807, 2.05) is 13.1 Å². The first-order chi connectivity index (χ1) is 8.58. The second kappa shape index (κ2) is 5.70. The van der Waals surface area contributed by atoms with Crippen LogP contribution in [0.15, 0.2) is 18.3 Å². The summed E-state index contributed by atoms with van der Waals surface area (Å²) in [6, 6.07) is 4.30. The number of pyridine rings is 1. The molecular formula is C15H24N2O. The third-order valence-electron chi connectivity index (χ3n) is 3.95. The van der Waals surface area contributed by atoms with Crippen molar-refractivity contribution < 1.29 is 5.11 Å². The normalized spacial score (nSPS) is 19.3. The molecule has 1 aliphatic rings. The molecule has 1 fully saturated rings. The SMILES string of the molecule is CC(C)c1ccc(N2CCC([C@H](C)O)CC2)cn1. The summed E-state index contributed by atoms with van der Waals surface area (Å²) in [6.07, 6.45) is 3.96. The van der Waals surface area contributed by atoms with Crippen LogP contribution in [0.2, 0.25) is 0 Å². The number of aliphatic hydroxyl groups excluding tert-OH is 1. The summed E-state index contributed by atoms with van der Waals surface area (Å²) in [5.74, 6) is 0.948. The maximum absolute atomic E-state index is 9.60. The second-order valence-corrected chi connectivity index (χ2v) is 5.66. The zero-order valence-electron chi connectivity index (χ0n) is 11.6. The molecule has 0 unspecified atom stereocenters. The maximum Gasteiger partial charge on any atom is 0.0552 e. The van der Waals surface area contributed by atoms with Gasteiger partial charge in [-0.2, -0.15) is 0 Å². The fraction of sp³-hybridized carbons (Fsp3) is 0.667. The predicted molar refractivity (Wildman–Crippen MR) is 74.9 cm³/mol. The summed E-state index contributed by atoms with van der Waals surface area (Å²) in [7, 11) is 0. The molecule has 3 heteroatoms.